The second-order valence-corrected chi connectivity index (χ2v) is 6.42. The van der Waals surface area contributed by atoms with E-state index in [-0.39, 0.29) is 0 Å². The molecule has 0 aromatic heterocycles. The van der Waals surface area contributed by atoms with E-state index < -0.39 is 10.0 Å². The normalized spacial score (nSPS) is 13.0. The molecule has 0 N–H and O–H groups in total. The van der Waals surface area contributed by atoms with Crippen LogP contribution in [-0.2, 0) is 9.16 Å². The second kappa shape index (κ2) is 9.20. The third-order valence-corrected chi connectivity index (χ3v) is 4.23. The van der Waals surface area contributed by atoms with Crippen molar-refractivity contribution in [2.24, 2.45) is 0 Å². The molecule has 1 aliphatic rings. The molecule has 0 unspecified atom stereocenters. The Labute approximate surface area is 146 Å². The minimum Gasteiger partial charge on any atom is -0.618 e. The van der Waals surface area contributed by atoms with Gasteiger partial charge < -0.3 is 13.3 Å². The molecule has 0 saturated heterocycles. The number of carbonyl (C=O) groups excluding carboxylic acids is 1. The largest absolute Gasteiger partial charge is 0.618 e. The van der Waals surface area contributed by atoms with Gasteiger partial charge in [-0.15, -0.1) is 0 Å². The molecule has 0 spiro atoms. The molecule has 3 nitrogen and oxygen atoms in total. The van der Waals surface area contributed by atoms with E-state index in [2.05, 4.69) is 55.0 Å². The topological polar surface area (TPSA) is 29.8 Å². The second-order valence-electron chi connectivity index (χ2n) is 5.76. The van der Waals surface area contributed by atoms with Gasteiger partial charge in [-0.2, -0.15) is 0 Å². The number of rotatable bonds is 3. The SMILES string of the molecule is CC(C)c1ccc(C2=CC(c3ccccc3)=[O+][SiH-]O2)cc1.COC. The van der Waals surface area contributed by atoms with Gasteiger partial charge in [0.1, 0.15) is 0 Å². The highest BCUT2D eigenvalue weighted by Gasteiger charge is 2.16. The number of benzene rings is 2. The number of hydrogen-bond acceptors (Lipinski definition) is 2. The van der Waals surface area contributed by atoms with Gasteiger partial charge in [-0.1, -0.05) is 56.3 Å². The van der Waals surface area contributed by atoms with Crippen LogP contribution in [0.1, 0.15) is 40.6 Å². The highest BCUT2D eigenvalue weighted by atomic mass is 28.2. The van der Waals surface area contributed by atoms with E-state index in [9.17, 15) is 0 Å². The van der Waals surface area contributed by atoms with Crippen molar-refractivity contribution in [2.75, 3.05) is 14.2 Å². The van der Waals surface area contributed by atoms with Crippen molar-refractivity contribution in [1.29, 1.82) is 0 Å². The van der Waals surface area contributed by atoms with Crippen molar-refractivity contribution < 1.29 is 13.3 Å². The summed E-state index contributed by atoms with van der Waals surface area (Å²) in [5.41, 5.74) is 3.53. The molecule has 3 rings (SSSR count). The Hall–Kier alpha value is -2.17. The van der Waals surface area contributed by atoms with Gasteiger partial charge in [-0.25, -0.2) is 0 Å². The average Bonchev–Trinajstić information content (AvgIpc) is 2.63. The van der Waals surface area contributed by atoms with Crippen LogP contribution in [0.2, 0.25) is 0 Å². The predicted octanol–water partition coefficient (Wildman–Crippen LogP) is 4.13. The summed E-state index contributed by atoms with van der Waals surface area (Å²) in [6.45, 7) is 4.40. The molecule has 0 aliphatic carbocycles. The lowest BCUT2D eigenvalue weighted by Crippen LogP contribution is -2.11. The number of methoxy groups -OCH3 is 1. The van der Waals surface area contributed by atoms with Crippen molar-refractivity contribution in [3.05, 3.63) is 77.4 Å². The lowest BCUT2D eigenvalue weighted by Gasteiger charge is -2.16. The summed E-state index contributed by atoms with van der Waals surface area (Å²) < 4.78 is 15.6. The molecule has 1 heterocycles. The van der Waals surface area contributed by atoms with E-state index in [4.69, 9.17) is 8.54 Å². The van der Waals surface area contributed by atoms with Crippen LogP contribution in [0.15, 0.2) is 60.7 Å². The van der Waals surface area contributed by atoms with E-state index in [1.165, 1.54) is 5.56 Å². The molecule has 0 atom stereocenters. The molecule has 0 radical (unpaired) electrons. The summed E-state index contributed by atoms with van der Waals surface area (Å²) in [4.78, 5) is 0. The first-order chi connectivity index (χ1) is 11.7. The Morgan fingerprint density at radius 2 is 1.54 bits per heavy atom. The molecule has 2 aromatic rings. The molecule has 126 valence electrons. The van der Waals surface area contributed by atoms with E-state index in [1.54, 1.807) is 14.2 Å². The molecule has 1 aliphatic heterocycles. The zero-order valence-electron chi connectivity index (χ0n) is 14.7. The van der Waals surface area contributed by atoms with E-state index in [1.807, 2.05) is 24.3 Å². The van der Waals surface area contributed by atoms with Gasteiger partial charge in [0.2, 0.25) is 0 Å². The summed E-state index contributed by atoms with van der Waals surface area (Å²) >= 11 is 0. The number of ketones is 1. The first-order valence-corrected chi connectivity index (χ1v) is 8.89. The maximum Gasteiger partial charge on any atom is 0.440 e. The Kier molecular flexibility index (Phi) is 6.97. The first-order valence-electron chi connectivity index (χ1n) is 7.95. The summed E-state index contributed by atoms with van der Waals surface area (Å²) in [6.07, 6.45) is 1.98. The third kappa shape index (κ3) is 4.91. The zero-order valence-corrected chi connectivity index (χ0v) is 15.8. The van der Waals surface area contributed by atoms with Gasteiger partial charge in [0, 0.05) is 19.8 Å². The van der Waals surface area contributed by atoms with Gasteiger partial charge in [0.05, 0.1) is 17.4 Å². The Morgan fingerprint density at radius 3 is 2.12 bits per heavy atom. The van der Waals surface area contributed by atoms with Gasteiger partial charge in [0.15, 0.2) is 0 Å². The van der Waals surface area contributed by atoms with Crippen LogP contribution in [0.4, 0.5) is 0 Å². The molecule has 0 fully saturated rings. The fourth-order valence-electron chi connectivity index (χ4n) is 2.25. The minimum atomic E-state index is -0.502. The van der Waals surface area contributed by atoms with Gasteiger partial charge in [0.25, 0.3) is 5.78 Å². The van der Waals surface area contributed by atoms with E-state index in [0.717, 1.165) is 22.7 Å². The lowest BCUT2D eigenvalue weighted by molar-refractivity contribution is -0.101. The average molecular weight is 340 g/mol. The standard InChI is InChI=1S/C18H18O2Si.C2H6O/c1-13(2)14-8-10-16(11-9-14)18-12-17(19-21-20-18)15-6-4-3-5-7-15;1-3-2/h3-13,21H,1-2H3;1-2H3. The fourth-order valence-corrected chi connectivity index (χ4v) is 2.92. The molecular weight excluding hydrogens is 316 g/mol. The fraction of sp³-hybridized carbons (Fsp3) is 0.250. The summed E-state index contributed by atoms with van der Waals surface area (Å²) in [6, 6.07) is 18.7. The quantitative estimate of drug-likeness (QED) is 0.621. The van der Waals surface area contributed by atoms with E-state index >= 15 is 0 Å². The third-order valence-electron chi connectivity index (χ3n) is 3.53. The van der Waals surface area contributed by atoms with Crippen LogP contribution in [0.25, 0.3) is 5.76 Å². The predicted molar refractivity (Wildman–Crippen MR) is 100 cm³/mol. The molecule has 24 heavy (non-hydrogen) atoms. The van der Waals surface area contributed by atoms with Gasteiger partial charge in [-0.3, -0.25) is 0 Å². The highest BCUT2D eigenvalue weighted by Crippen LogP contribution is 2.22. The molecule has 0 amide bonds. The first kappa shape index (κ1) is 18.2. The number of allylic oxidation sites excluding steroid dienone is 1. The Bertz CT molecular complexity index is 689. The summed E-state index contributed by atoms with van der Waals surface area (Å²) in [7, 11) is 2.75. The number of hydrogen-bond donors (Lipinski definition) is 0. The lowest BCUT2D eigenvalue weighted by atomic mass is 10.0. The van der Waals surface area contributed by atoms with Crippen molar-refractivity contribution in [3.63, 3.8) is 0 Å². The molecule has 0 saturated carbocycles. The van der Waals surface area contributed by atoms with E-state index in [0.29, 0.717) is 5.92 Å². The van der Waals surface area contributed by atoms with Crippen molar-refractivity contribution in [3.8, 4) is 0 Å². The van der Waals surface area contributed by atoms with Crippen LogP contribution in [0, 0.1) is 0 Å². The summed E-state index contributed by atoms with van der Waals surface area (Å²) in [5, 5.41) is 0. The van der Waals surface area contributed by atoms with Crippen LogP contribution < -0.4 is 0 Å². The number of ether oxygens (including phenoxy) is 1. The molecule has 0 bridgehead atoms. The van der Waals surface area contributed by atoms with Crippen LogP contribution in [0.5, 0.6) is 0 Å². The van der Waals surface area contributed by atoms with Crippen molar-refractivity contribution in [2.45, 2.75) is 19.8 Å². The summed E-state index contributed by atoms with van der Waals surface area (Å²) in [5.74, 6) is 2.32. The Morgan fingerprint density at radius 1 is 0.917 bits per heavy atom. The van der Waals surface area contributed by atoms with Gasteiger partial charge in [-0.05, 0) is 23.6 Å². The smallest absolute Gasteiger partial charge is 0.440 e. The molecule has 2 aromatic carbocycles. The molecule has 4 heteroatoms. The Balaban J connectivity index is 0.000000647. The maximum absolute atomic E-state index is 5.72. The highest BCUT2D eigenvalue weighted by molar-refractivity contribution is 6.25. The minimum absolute atomic E-state index is 0.502. The zero-order chi connectivity index (χ0) is 17.4. The maximum atomic E-state index is 5.72. The van der Waals surface area contributed by atoms with Crippen LogP contribution in [-0.4, -0.2) is 30.0 Å². The van der Waals surface area contributed by atoms with Crippen molar-refractivity contribution >= 4 is 21.5 Å². The van der Waals surface area contributed by atoms with Crippen LogP contribution in [0.3, 0.4) is 0 Å². The van der Waals surface area contributed by atoms with Crippen LogP contribution >= 0.6 is 0 Å². The van der Waals surface area contributed by atoms with Crippen molar-refractivity contribution in [1.82, 2.24) is 0 Å². The van der Waals surface area contributed by atoms with Gasteiger partial charge >= 0.3 is 10.0 Å². The molecular formula is C20H24O3Si. The monoisotopic (exact) mass is 340 g/mol.